The summed E-state index contributed by atoms with van der Waals surface area (Å²) < 4.78 is 1.03. The van der Waals surface area contributed by atoms with Crippen LogP contribution >= 0.6 is 15.9 Å². The highest BCUT2D eigenvalue weighted by Crippen LogP contribution is 2.47. The van der Waals surface area contributed by atoms with E-state index >= 15 is 0 Å². The van der Waals surface area contributed by atoms with E-state index in [2.05, 4.69) is 15.9 Å². The summed E-state index contributed by atoms with van der Waals surface area (Å²) in [5.74, 6) is -0.584. The van der Waals surface area contributed by atoms with Crippen LogP contribution in [0.1, 0.15) is 36.4 Å². The van der Waals surface area contributed by atoms with Crippen molar-refractivity contribution < 1.29 is 9.90 Å². The van der Waals surface area contributed by atoms with Crippen LogP contribution in [-0.4, -0.2) is 11.1 Å². The van der Waals surface area contributed by atoms with Crippen LogP contribution in [0, 0.1) is 5.92 Å². The molecule has 0 heterocycles. The van der Waals surface area contributed by atoms with Crippen LogP contribution < -0.4 is 5.73 Å². The van der Waals surface area contributed by atoms with Crippen molar-refractivity contribution in [2.45, 2.75) is 25.3 Å². The van der Waals surface area contributed by atoms with Gasteiger partial charge in [0.25, 0.3) is 0 Å². The molecular formula is C18H20BrNO2. The third kappa shape index (κ3) is 4.68. The van der Waals surface area contributed by atoms with Gasteiger partial charge in [-0.3, -0.25) is 4.79 Å². The maximum Gasteiger partial charge on any atom is 0.307 e. The van der Waals surface area contributed by atoms with Crippen LogP contribution in [-0.2, 0) is 4.79 Å². The molecule has 1 aliphatic rings. The van der Waals surface area contributed by atoms with Crippen molar-refractivity contribution in [3.05, 3.63) is 70.2 Å². The normalized spacial score (nSPS) is 20.5. The largest absolute Gasteiger partial charge is 0.481 e. The first-order valence-electron chi connectivity index (χ1n) is 7.28. The topological polar surface area (TPSA) is 63.3 Å². The summed E-state index contributed by atoms with van der Waals surface area (Å²) in [5.41, 5.74) is 7.94. The van der Waals surface area contributed by atoms with Crippen molar-refractivity contribution >= 4 is 21.9 Å². The second-order valence-corrected chi connectivity index (χ2v) is 6.45. The SMILES string of the molecule is C[C@H](N)c1ccccc1.O=C(O)C1CC1c1ccc(Br)cc1. The Labute approximate surface area is 139 Å². The van der Waals surface area contributed by atoms with E-state index in [0.29, 0.717) is 0 Å². The second kappa shape index (κ2) is 7.56. The third-order valence-corrected chi connectivity index (χ3v) is 4.26. The minimum atomic E-state index is -0.673. The van der Waals surface area contributed by atoms with E-state index < -0.39 is 5.97 Å². The van der Waals surface area contributed by atoms with Crippen LogP contribution in [0.25, 0.3) is 0 Å². The third-order valence-electron chi connectivity index (χ3n) is 3.73. The molecule has 116 valence electrons. The van der Waals surface area contributed by atoms with Gasteiger partial charge in [0.1, 0.15) is 0 Å². The van der Waals surface area contributed by atoms with Crippen LogP contribution in [0.5, 0.6) is 0 Å². The predicted octanol–water partition coefficient (Wildman–Crippen LogP) is 4.34. The summed E-state index contributed by atoms with van der Waals surface area (Å²) in [4.78, 5) is 10.6. The van der Waals surface area contributed by atoms with Crippen molar-refractivity contribution in [3.8, 4) is 0 Å². The van der Waals surface area contributed by atoms with Gasteiger partial charge >= 0.3 is 5.97 Å². The van der Waals surface area contributed by atoms with Gasteiger partial charge in [0, 0.05) is 10.5 Å². The highest BCUT2D eigenvalue weighted by molar-refractivity contribution is 9.10. The molecule has 0 amide bonds. The maximum absolute atomic E-state index is 10.6. The number of nitrogens with two attached hydrogens (primary N) is 1. The van der Waals surface area contributed by atoms with Gasteiger partial charge in [0.2, 0.25) is 0 Å². The number of aliphatic carboxylic acids is 1. The zero-order valence-electron chi connectivity index (χ0n) is 12.4. The average molecular weight is 362 g/mol. The molecule has 2 aromatic rings. The first-order valence-corrected chi connectivity index (χ1v) is 8.07. The number of rotatable bonds is 3. The summed E-state index contributed by atoms with van der Waals surface area (Å²) in [5, 5.41) is 8.73. The van der Waals surface area contributed by atoms with Crippen molar-refractivity contribution in [1.29, 1.82) is 0 Å². The molecule has 1 fully saturated rings. The number of carboxylic acid groups (broad SMARTS) is 1. The molecule has 3 nitrogen and oxygen atoms in total. The standard InChI is InChI=1S/C10H9BrO2.C8H11N/c11-7-3-1-6(2-4-7)8-5-9(8)10(12)13;1-7(9)8-5-3-2-4-6-8/h1-4,8-9H,5H2,(H,12,13);2-7H,9H2,1H3/t;7-/m.0/s1. The van der Waals surface area contributed by atoms with Gasteiger partial charge in [0.05, 0.1) is 5.92 Å². The first kappa shape index (κ1) is 16.7. The van der Waals surface area contributed by atoms with Crippen molar-refractivity contribution in [2.24, 2.45) is 11.7 Å². The van der Waals surface area contributed by atoms with Gasteiger partial charge in [-0.05, 0) is 42.5 Å². The van der Waals surface area contributed by atoms with Crippen LogP contribution in [0.4, 0.5) is 0 Å². The molecule has 3 atom stereocenters. The molecule has 22 heavy (non-hydrogen) atoms. The van der Waals surface area contributed by atoms with E-state index in [0.717, 1.165) is 16.5 Å². The Morgan fingerprint density at radius 1 is 1.18 bits per heavy atom. The van der Waals surface area contributed by atoms with Gasteiger partial charge in [-0.1, -0.05) is 58.4 Å². The lowest BCUT2D eigenvalue weighted by atomic mass is 10.1. The zero-order chi connectivity index (χ0) is 16.1. The summed E-state index contributed by atoms with van der Waals surface area (Å²) in [6, 6.07) is 18.1. The molecule has 3 N–H and O–H groups in total. The first-order chi connectivity index (χ1) is 10.5. The Balaban J connectivity index is 0.000000172. The fourth-order valence-electron chi connectivity index (χ4n) is 2.30. The predicted molar refractivity (Wildman–Crippen MR) is 91.7 cm³/mol. The van der Waals surface area contributed by atoms with E-state index in [1.165, 1.54) is 5.56 Å². The molecule has 3 rings (SSSR count). The van der Waals surface area contributed by atoms with E-state index in [4.69, 9.17) is 10.8 Å². The van der Waals surface area contributed by atoms with Crippen LogP contribution in [0.2, 0.25) is 0 Å². The van der Waals surface area contributed by atoms with E-state index in [1.807, 2.05) is 61.5 Å². The molecule has 0 spiro atoms. The number of hydrogen-bond acceptors (Lipinski definition) is 2. The average Bonchev–Trinajstić information content (AvgIpc) is 3.30. The lowest BCUT2D eigenvalue weighted by molar-refractivity contribution is -0.138. The van der Waals surface area contributed by atoms with Crippen molar-refractivity contribution in [1.82, 2.24) is 0 Å². The smallest absolute Gasteiger partial charge is 0.307 e. The summed E-state index contributed by atoms with van der Waals surface area (Å²) in [6.07, 6.45) is 0.789. The van der Waals surface area contributed by atoms with Crippen LogP contribution in [0.3, 0.4) is 0 Å². The van der Waals surface area contributed by atoms with E-state index in [-0.39, 0.29) is 17.9 Å². The van der Waals surface area contributed by atoms with Gasteiger partial charge in [0.15, 0.2) is 0 Å². The van der Waals surface area contributed by atoms with Gasteiger partial charge < -0.3 is 10.8 Å². The van der Waals surface area contributed by atoms with E-state index in [1.54, 1.807) is 0 Å². The summed E-state index contributed by atoms with van der Waals surface area (Å²) in [6.45, 7) is 1.98. The Morgan fingerprint density at radius 3 is 2.18 bits per heavy atom. The molecule has 1 saturated carbocycles. The minimum Gasteiger partial charge on any atom is -0.481 e. The Hall–Kier alpha value is -1.65. The summed E-state index contributed by atoms with van der Waals surface area (Å²) in [7, 11) is 0. The molecule has 1 aliphatic carbocycles. The minimum absolute atomic E-state index is 0.152. The molecule has 2 aromatic carbocycles. The van der Waals surface area contributed by atoms with Crippen molar-refractivity contribution in [2.75, 3.05) is 0 Å². The molecular weight excluding hydrogens is 342 g/mol. The number of hydrogen-bond donors (Lipinski definition) is 2. The van der Waals surface area contributed by atoms with Gasteiger partial charge in [-0.25, -0.2) is 0 Å². The number of halogens is 1. The molecule has 2 unspecified atom stereocenters. The lowest BCUT2D eigenvalue weighted by Gasteiger charge is -2.02. The fraction of sp³-hybridized carbons (Fsp3) is 0.278. The molecule has 0 aliphatic heterocycles. The molecule has 0 radical (unpaired) electrons. The Bertz CT molecular complexity index is 611. The number of benzene rings is 2. The Morgan fingerprint density at radius 2 is 1.77 bits per heavy atom. The molecule has 4 heteroatoms. The number of carbonyl (C=O) groups is 1. The van der Waals surface area contributed by atoms with Crippen LogP contribution in [0.15, 0.2) is 59.1 Å². The Kier molecular flexibility index (Phi) is 5.75. The molecule has 0 saturated heterocycles. The lowest BCUT2D eigenvalue weighted by Crippen LogP contribution is -2.03. The zero-order valence-corrected chi connectivity index (χ0v) is 14.0. The maximum atomic E-state index is 10.6. The van der Waals surface area contributed by atoms with Crippen molar-refractivity contribution in [3.63, 3.8) is 0 Å². The fourth-order valence-corrected chi connectivity index (χ4v) is 2.57. The molecule has 0 bridgehead atoms. The highest BCUT2D eigenvalue weighted by atomic mass is 79.9. The monoisotopic (exact) mass is 361 g/mol. The van der Waals surface area contributed by atoms with E-state index in [9.17, 15) is 4.79 Å². The summed E-state index contributed by atoms with van der Waals surface area (Å²) >= 11 is 3.34. The molecule has 0 aromatic heterocycles. The highest BCUT2D eigenvalue weighted by Gasteiger charge is 2.43. The van der Waals surface area contributed by atoms with Gasteiger partial charge in [-0.15, -0.1) is 0 Å². The van der Waals surface area contributed by atoms with Gasteiger partial charge in [-0.2, -0.15) is 0 Å². The second-order valence-electron chi connectivity index (χ2n) is 5.54. The quantitative estimate of drug-likeness (QED) is 0.854. The number of carboxylic acids is 1.